The highest BCUT2D eigenvalue weighted by Crippen LogP contribution is 2.60. The second-order valence-corrected chi connectivity index (χ2v) is 9.72. The van der Waals surface area contributed by atoms with Gasteiger partial charge in [-0.15, -0.1) is 0 Å². The zero-order valence-corrected chi connectivity index (χ0v) is 16.7. The average Bonchev–Trinajstić information content (AvgIpc) is 3.10. The summed E-state index contributed by atoms with van der Waals surface area (Å²) in [6, 6.07) is 0. The van der Waals surface area contributed by atoms with E-state index in [0.29, 0.717) is 30.7 Å². The quantitative estimate of drug-likeness (QED) is 0.859. The number of carbonyl (C=O) groups is 2. The fraction of sp³-hybridized carbons (Fsp3) is 0.810. The van der Waals surface area contributed by atoms with Crippen LogP contribution in [-0.4, -0.2) is 39.9 Å². The van der Waals surface area contributed by atoms with Crippen LogP contribution in [0.2, 0.25) is 0 Å². The molecule has 0 atom stereocenters. The van der Waals surface area contributed by atoms with Gasteiger partial charge in [0.15, 0.2) is 5.82 Å². The molecule has 1 aliphatic heterocycles. The molecule has 2 heterocycles. The summed E-state index contributed by atoms with van der Waals surface area (Å²) in [5, 5.41) is 6.63. The number of piperidine rings is 1. The summed E-state index contributed by atoms with van der Waals surface area (Å²) in [6.07, 6.45) is 8.89. The topological polar surface area (TPSA) is 88.3 Å². The van der Waals surface area contributed by atoms with Gasteiger partial charge in [0.1, 0.15) is 0 Å². The Labute approximate surface area is 165 Å². The van der Waals surface area contributed by atoms with Crippen molar-refractivity contribution >= 4 is 11.8 Å². The van der Waals surface area contributed by atoms with Crippen LogP contribution in [0.4, 0.5) is 0 Å². The Morgan fingerprint density at radius 3 is 2.25 bits per heavy atom. The number of nitrogens with zero attached hydrogens (tertiary/aromatic N) is 3. The molecule has 1 saturated heterocycles. The summed E-state index contributed by atoms with van der Waals surface area (Å²) in [4.78, 5) is 32.1. The van der Waals surface area contributed by atoms with Crippen molar-refractivity contribution in [2.75, 3.05) is 13.1 Å². The highest BCUT2D eigenvalue weighted by atomic mass is 16.5. The minimum atomic E-state index is -0.0698. The van der Waals surface area contributed by atoms with E-state index in [0.717, 1.165) is 49.9 Å². The summed E-state index contributed by atoms with van der Waals surface area (Å²) in [6.45, 7) is 3.44. The fourth-order valence-electron chi connectivity index (χ4n) is 6.77. The van der Waals surface area contributed by atoms with E-state index in [4.69, 9.17) is 4.52 Å². The van der Waals surface area contributed by atoms with Gasteiger partial charge in [0.25, 0.3) is 0 Å². The fourth-order valence-corrected chi connectivity index (χ4v) is 6.77. The van der Waals surface area contributed by atoms with Crippen LogP contribution in [0.5, 0.6) is 0 Å². The Morgan fingerprint density at radius 2 is 1.71 bits per heavy atom. The van der Waals surface area contributed by atoms with E-state index >= 15 is 0 Å². The first kappa shape index (κ1) is 18.1. The first-order valence-corrected chi connectivity index (χ1v) is 10.9. The van der Waals surface area contributed by atoms with Gasteiger partial charge < -0.3 is 14.7 Å². The third-order valence-corrected chi connectivity index (χ3v) is 7.63. The lowest BCUT2D eigenvalue weighted by Gasteiger charge is -2.57. The normalized spacial score (nSPS) is 34.6. The summed E-state index contributed by atoms with van der Waals surface area (Å²) in [7, 11) is 0. The zero-order chi connectivity index (χ0) is 19.3. The first-order valence-electron chi connectivity index (χ1n) is 10.9. The van der Waals surface area contributed by atoms with E-state index in [1.807, 2.05) is 0 Å². The summed E-state index contributed by atoms with van der Waals surface area (Å²) < 4.78 is 5.04. The number of likely N-dealkylation sites (tertiary alicyclic amines) is 1. The van der Waals surface area contributed by atoms with Crippen LogP contribution < -0.4 is 5.32 Å². The summed E-state index contributed by atoms with van der Waals surface area (Å²) in [5.41, 5.74) is -0.0698. The molecule has 28 heavy (non-hydrogen) atoms. The Balaban J connectivity index is 1.15. The molecule has 4 aliphatic carbocycles. The van der Waals surface area contributed by atoms with Crippen molar-refractivity contribution in [3.05, 3.63) is 11.7 Å². The third kappa shape index (κ3) is 3.22. The van der Waals surface area contributed by atoms with Crippen molar-refractivity contribution in [3.8, 4) is 0 Å². The van der Waals surface area contributed by atoms with Crippen LogP contribution in [0.1, 0.15) is 63.1 Å². The van der Waals surface area contributed by atoms with Crippen LogP contribution in [0.25, 0.3) is 0 Å². The molecule has 4 saturated carbocycles. The molecule has 2 amide bonds. The van der Waals surface area contributed by atoms with E-state index in [2.05, 4.69) is 20.4 Å². The minimum absolute atomic E-state index is 0.0257. The monoisotopic (exact) mass is 386 g/mol. The van der Waals surface area contributed by atoms with Crippen molar-refractivity contribution in [2.24, 2.45) is 29.1 Å². The van der Waals surface area contributed by atoms with Crippen molar-refractivity contribution in [2.45, 2.75) is 64.8 Å². The molecule has 1 N–H and O–H groups in total. The minimum Gasteiger partial charge on any atom is -0.347 e. The molecule has 5 fully saturated rings. The predicted molar refractivity (Wildman–Crippen MR) is 101 cm³/mol. The lowest BCUT2D eigenvalue weighted by Crippen LogP contribution is -2.56. The molecule has 0 aromatic carbocycles. The molecule has 1 aromatic heterocycles. The Bertz CT molecular complexity index is 730. The first-order chi connectivity index (χ1) is 13.5. The SMILES string of the molecule is Cc1noc(CNC(=O)C2CCN(C(=O)C34CC5CC(CC(C5)C3)C4)CC2)n1. The molecule has 0 unspecified atom stereocenters. The number of aromatic nitrogens is 2. The zero-order valence-electron chi connectivity index (χ0n) is 16.7. The standard InChI is InChI=1S/C21H30N4O3/c1-13-23-18(28-24-13)12-22-19(26)17-2-4-25(5-3-17)20(27)21-9-14-6-15(10-21)8-16(7-14)11-21/h14-17H,2-12H2,1H3,(H,22,26). The molecular formula is C21H30N4O3. The number of nitrogens with one attached hydrogen (secondary N) is 1. The van der Waals surface area contributed by atoms with Gasteiger partial charge >= 0.3 is 0 Å². The molecule has 152 valence electrons. The van der Waals surface area contributed by atoms with E-state index in [-0.39, 0.29) is 23.8 Å². The summed E-state index contributed by atoms with van der Waals surface area (Å²) >= 11 is 0. The van der Waals surface area contributed by atoms with Gasteiger partial charge in [0.2, 0.25) is 17.7 Å². The molecule has 7 nitrogen and oxygen atoms in total. The third-order valence-electron chi connectivity index (χ3n) is 7.63. The molecule has 6 rings (SSSR count). The molecule has 4 bridgehead atoms. The van der Waals surface area contributed by atoms with Gasteiger partial charge in [-0.05, 0) is 76.0 Å². The van der Waals surface area contributed by atoms with Gasteiger partial charge in [-0.25, -0.2) is 0 Å². The second-order valence-electron chi connectivity index (χ2n) is 9.72. The molecule has 1 aromatic rings. The van der Waals surface area contributed by atoms with Gasteiger partial charge in [-0.1, -0.05) is 5.16 Å². The number of amides is 2. The van der Waals surface area contributed by atoms with Gasteiger partial charge in [0.05, 0.1) is 12.0 Å². The van der Waals surface area contributed by atoms with Crippen molar-refractivity contribution in [3.63, 3.8) is 0 Å². The number of carbonyl (C=O) groups excluding carboxylic acids is 2. The average molecular weight is 386 g/mol. The highest BCUT2D eigenvalue weighted by Gasteiger charge is 2.55. The van der Waals surface area contributed by atoms with E-state index in [1.165, 1.54) is 19.3 Å². The summed E-state index contributed by atoms with van der Waals surface area (Å²) in [5.74, 6) is 3.74. The second kappa shape index (κ2) is 6.85. The van der Waals surface area contributed by atoms with Crippen LogP contribution >= 0.6 is 0 Å². The van der Waals surface area contributed by atoms with Crippen LogP contribution in [0.15, 0.2) is 4.52 Å². The molecule has 7 heteroatoms. The van der Waals surface area contributed by atoms with Gasteiger partial charge in [-0.2, -0.15) is 4.98 Å². The maximum Gasteiger partial charge on any atom is 0.246 e. The van der Waals surface area contributed by atoms with Crippen molar-refractivity contribution in [1.29, 1.82) is 0 Å². The lowest BCUT2D eigenvalue weighted by molar-refractivity contribution is -0.159. The number of aryl methyl sites for hydroxylation is 1. The molecule has 0 radical (unpaired) electrons. The molecule has 0 spiro atoms. The Morgan fingerprint density at radius 1 is 1.11 bits per heavy atom. The number of hydrogen-bond acceptors (Lipinski definition) is 5. The number of hydrogen-bond donors (Lipinski definition) is 1. The smallest absolute Gasteiger partial charge is 0.246 e. The lowest BCUT2D eigenvalue weighted by atomic mass is 9.49. The Kier molecular flexibility index (Phi) is 4.43. The van der Waals surface area contributed by atoms with Crippen LogP contribution in [0, 0.1) is 36.0 Å². The Hall–Kier alpha value is -1.92. The van der Waals surface area contributed by atoms with Gasteiger partial charge in [-0.3, -0.25) is 9.59 Å². The van der Waals surface area contributed by atoms with Crippen LogP contribution in [0.3, 0.4) is 0 Å². The molecule has 5 aliphatic rings. The maximum absolute atomic E-state index is 13.4. The predicted octanol–water partition coefficient (Wildman–Crippen LogP) is 2.45. The number of rotatable bonds is 4. The van der Waals surface area contributed by atoms with E-state index in [9.17, 15) is 9.59 Å². The maximum atomic E-state index is 13.4. The van der Waals surface area contributed by atoms with Crippen molar-refractivity contribution in [1.82, 2.24) is 20.4 Å². The molecular weight excluding hydrogens is 356 g/mol. The van der Waals surface area contributed by atoms with E-state index in [1.54, 1.807) is 6.92 Å². The van der Waals surface area contributed by atoms with E-state index < -0.39 is 0 Å². The van der Waals surface area contributed by atoms with Crippen molar-refractivity contribution < 1.29 is 14.1 Å². The van der Waals surface area contributed by atoms with Crippen LogP contribution in [-0.2, 0) is 16.1 Å². The largest absolute Gasteiger partial charge is 0.347 e. The highest BCUT2D eigenvalue weighted by molar-refractivity contribution is 5.84. The van der Waals surface area contributed by atoms with Gasteiger partial charge in [0, 0.05) is 19.0 Å².